The number of aromatic nitrogens is 4. The molecule has 2 saturated heterocycles. The lowest BCUT2D eigenvalue weighted by Gasteiger charge is -2.31. The Morgan fingerprint density at radius 3 is 2.62 bits per heavy atom. The monoisotopic (exact) mass is 634 g/mol. The maximum atomic E-state index is 15.0. The molecule has 0 saturated carbocycles. The molecule has 0 radical (unpaired) electrons. The second-order valence-corrected chi connectivity index (χ2v) is 12.1. The van der Waals surface area contributed by atoms with E-state index in [4.69, 9.17) is 19.3 Å². The summed E-state index contributed by atoms with van der Waals surface area (Å²) in [5, 5.41) is 19.8. The number of ether oxygens (including phenoxy) is 3. The Morgan fingerprint density at radius 1 is 1.06 bits per heavy atom. The highest BCUT2D eigenvalue weighted by Gasteiger charge is 2.30. The number of halogens is 1. The van der Waals surface area contributed by atoms with E-state index in [-0.39, 0.29) is 30.3 Å². The molecule has 2 aromatic heterocycles. The Balaban J connectivity index is 1.20. The van der Waals surface area contributed by atoms with Crippen LogP contribution in [0.15, 0.2) is 72.9 Å². The van der Waals surface area contributed by atoms with E-state index in [0.29, 0.717) is 50.0 Å². The molecule has 3 aromatic carbocycles. The van der Waals surface area contributed by atoms with E-state index < -0.39 is 5.82 Å². The fraction of sp³-hybridized carbons (Fsp3) is 0.333. The summed E-state index contributed by atoms with van der Waals surface area (Å²) in [6.45, 7) is 3.02. The fourth-order valence-corrected chi connectivity index (χ4v) is 6.34. The first-order valence-electron chi connectivity index (χ1n) is 15.9. The zero-order chi connectivity index (χ0) is 32.3. The van der Waals surface area contributed by atoms with Crippen molar-refractivity contribution in [3.63, 3.8) is 0 Å². The molecule has 5 aromatic rings. The highest BCUT2D eigenvalue weighted by Crippen LogP contribution is 2.42. The summed E-state index contributed by atoms with van der Waals surface area (Å²) >= 11 is 0. The molecule has 2 fully saturated rings. The van der Waals surface area contributed by atoms with Crippen LogP contribution in [0.1, 0.15) is 30.4 Å². The van der Waals surface area contributed by atoms with Gasteiger partial charge in [0.25, 0.3) is 0 Å². The number of carbonyl (C=O) groups is 1. The molecule has 0 spiro atoms. The van der Waals surface area contributed by atoms with Crippen LogP contribution in [0.25, 0.3) is 33.3 Å². The van der Waals surface area contributed by atoms with Gasteiger partial charge in [-0.25, -0.2) is 13.9 Å². The van der Waals surface area contributed by atoms with Gasteiger partial charge in [-0.3, -0.25) is 4.68 Å². The van der Waals surface area contributed by atoms with Crippen LogP contribution in [0.3, 0.4) is 0 Å². The number of nitrogens with zero attached hydrogens (tertiary/aromatic N) is 6. The van der Waals surface area contributed by atoms with Crippen LogP contribution >= 0.6 is 0 Å². The summed E-state index contributed by atoms with van der Waals surface area (Å²) in [5.41, 5.74) is 4.62. The number of aryl methyl sites for hydroxylation is 1. The van der Waals surface area contributed by atoms with Crippen LogP contribution < -0.4 is 4.74 Å². The van der Waals surface area contributed by atoms with Crippen molar-refractivity contribution in [2.45, 2.75) is 38.5 Å². The van der Waals surface area contributed by atoms with Gasteiger partial charge in [0.1, 0.15) is 30.3 Å². The van der Waals surface area contributed by atoms with Crippen LogP contribution in [0, 0.1) is 23.1 Å². The molecule has 0 N–H and O–H groups in total. The molecule has 1 amide bonds. The number of nitriles is 1. The van der Waals surface area contributed by atoms with Crippen LogP contribution in [-0.2, 0) is 29.7 Å². The zero-order valence-corrected chi connectivity index (χ0v) is 26.1. The van der Waals surface area contributed by atoms with Gasteiger partial charge in [0, 0.05) is 44.1 Å². The SMILES string of the molecule is Cn1ncc2cc(-c3c(-c4ccc(C#N)c(F)c4)nn(CC4CCN(C(=O)OCc5ccccc5)CC4)c3O[C@H]3CCOC3)ccc21. The third-order valence-corrected chi connectivity index (χ3v) is 8.98. The van der Waals surface area contributed by atoms with Gasteiger partial charge in [-0.1, -0.05) is 42.5 Å². The van der Waals surface area contributed by atoms with Crippen LogP contribution in [0.5, 0.6) is 5.88 Å². The Labute approximate surface area is 271 Å². The second-order valence-electron chi connectivity index (χ2n) is 12.1. The predicted molar refractivity (Wildman–Crippen MR) is 173 cm³/mol. The van der Waals surface area contributed by atoms with E-state index in [1.807, 2.05) is 77.2 Å². The number of benzene rings is 3. The van der Waals surface area contributed by atoms with E-state index in [2.05, 4.69) is 5.10 Å². The Morgan fingerprint density at radius 2 is 1.87 bits per heavy atom. The van der Waals surface area contributed by atoms with Crippen LogP contribution in [-0.4, -0.2) is 63.0 Å². The maximum absolute atomic E-state index is 15.0. The fourth-order valence-electron chi connectivity index (χ4n) is 6.34. The number of piperidine rings is 1. The van der Waals surface area contributed by atoms with Crippen molar-refractivity contribution in [3.05, 3.63) is 89.9 Å². The summed E-state index contributed by atoms with van der Waals surface area (Å²) in [4.78, 5) is 14.6. The van der Waals surface area contributed by atoms with Gasteiger partial charge < -0.3 is 19.1 Å². The number of amides is 1. The quantitative estimate of drug-likeness (QED) is 0.196. The topological polar surface area (TPSA) is 107 Å². The normalized spacial score (nSPS) is 16.8. The number of carbonyl (C=O) groups excluding carboxylic acids is 1. The van der Waals surface area contributed by atoms with Crippen molar-refractivity contribution in [3.8, 4) is 34.3 Å². The van der Waals surface area contributed by atoms with Crippen molar-refractivity contribution in [1.29, 1.82) is 5.26 Å². The van der Waals surface area contributed by atoms with Gasteiger partial charge in [0.2, 0.25) is 5.88 Å². The van der Waals surface area contributed by atoms with E-state index in [0.717, 1.165) is 46.9 Å². The standard InChI is InChI=1S/C36H35FN6O4/c1-41-32-10-9-26(17-29(32)20-39-41)33-34(27-7-8-28(19-38)31(37)18-27)40-43(35(33)47-30-13-16-45-23-30)21-24-11-14-42(15-12-24)36(44)46-22-25-5-3-2-4-6-25/h2-10,17-18,20,24,30H,11-16,21-23H2,1H3/t30-/m0/s1. The average Bonchev–Trinajstić information content (AvgIpc) is 3.84. The molecule has 2 aliphatic heterocycles. The van der Waals surface area contributed by atoms with E-state index in [9.17, 15) is 14.4 Å². The lowest BCUT2D eigenvalue weighted by atomic mass is 9.97. The first-order valence-corrected chi connectivity index (χ1v) is 15.9. The highest BCUT2D eigenvalue weighted by molar-refractivity contribution is 5.91. The van der Waals surface area contributed by atoms with Crippen molar-refractivity contribution < 1.29 is 23.4 Å². The van der Waals surface area contributed by atoms with Gasteiger partial charge in [-0.05, 0) is 54.2 Å². The molecule has 0 aliphatic carbocycles. The minimum Gasteiger partial charge on any atom is -0.472 e. The minimum absolute atomic E-state index is 0.0276. The third-order valence-electron chi connectivity index (χ3n) is 8.98. The number of hydrogen-bond donors (Lipinski definition) is 0. The van der Waals surface area contributed by atoms with E-state index >= 15 is 0 Å². The van der Waals surface area contributed by atoms with Crippen molar-refractivity contribution >= 4 is 17.0 Å². The van der Waals surface area contributed by atoms with Gasteiger partial charge in [-0.15, -0.1) is 0 Å². The predicted octanol–water partition coefficient (Wildman–Crippen LogP) is 6.33. The summed E-state index contributed by atoms with van der Waals surface area (Å²) in [6.07, 6.45) is 3.63. The van der Waals surface area contributed by atoms with Crippen molar-refractivity contribution in [2.24, 2.45) is 13.0 Å². The summed E-state index contributed by atoms with van der Waals surface area (Å²) in [7, 11) is 1.90. The zero-order valence-electron chi connectivity index (χ0n) is 26.1. The first kappa shape index (κ1) is 30.4. The van der Waals surface area contributed by atoms with E-state index in [1.165, 1.54) is 12.1 Å². The molecule has 240 valence electrons. The number of hydrogen-bond acceptors (Lipinski definition) is 7. The molecule has 7 rings (SSSR count). The van der Waals surface area contributed by atoms with Crippen LogP contribution in [0.4, 0.5) is 9.18 Å². The lowest BCUT2D eigenvalue weighted by Crippen LogP contribution is -2.39. The van der Waals surface area contributed by atoms with Gasteiger partial charge in [-0.2, -0.15) is 15.5 Å². The number of fused-ring (bicyclic) bond motifs is 1. The number of rotatable bonds is 8. The summed E-state index contributed by atoms with van der Waals surface area (Å²) in [6, 6.07) is 22.2. The molecule has 0 unspecified atom stereocenters. The van der Waals surface area contributed by atoms with Crippen LogP contribution in [0.2, 0.25) is 0 Å². The highest BCUT2D eigenvalue weighted by atomic mass is 19.1. The lowest BCUT2D eigenvalue weighted by molar-refractivity contribution is 0.0793. The number of likely N-dealkylation sites (tertiary alicyclic amines) is 1. The van der Waals surface area contributed by atoms with Crippen molar-refractivity contribution in [2.75, 3.05) is 26.3 Å². The molecular weight excluding hydrogens is 599 g/mol. The Bertz CT molecular complexity index is 1930. The molecule has 4 heterocycles. The third kappa shape index (κ3) is 6.42. The summed E-state index contributed by atoms with van der Waals surface area (Å²) in [5.74, 6) is 0.203. The average molecular weight is 635 g/mol. The Hall–Kier alpha value is -5.21. The van der Waals surface area contributed by atoms with Gasteiger partial charge in [0.15, 0.2) is 0 Å². The second kappa shape index (κ2) is 13.3. The molecule has 1 atom stereocenters. The molecular formula is C36H35FN6O4. The Kier molecular flexibility index (Phi) is 8.59. The van der Waals surface area contributed by atoms with Gasteiger partial charge >= 0.3 is 6.09 Å². The summed E-state index contributed by atoms with van der Waals surface area (Å²) < 4.78 is 36.6. The molecule has 0 bridgehead atoms. The molecule has 10 nitrogen and oxygen atoms in total. The molecule has 47 heavy (non-hydrogen) atoms. The van der Waals surface area contributed by atoms with Crippen molar-refractivity contribution in [1.82, 2.24) is 24.5 Å². The smallest absolute Gasteiger partial charge is 0.410 e. The minimum atomic E-state index is -0.605. The van der Waals surface area contributed by atoms with Gasteiger partial charge in [0.05, 0.1) is 36.1 Å². The maximum Gasteiger partial charge on any atom is 0.410 e. The first-order chi connectivity index (χ1) is 23.0. The molecule has 11 heteroatoms. The molecule has 2 aliphatic rings. The van der Waals surface area contributed by atoms with E-state index in [1.54, 1.807) is 11.0 Å². The largest absolute Gasteiger partial charge is 0.472 e.